The van der Waals surface area contributed by atoms with Gasteiger partial charge in [0.05, 0.1) is 23.6 Å². The highest BCUT2D eigenvalue weighted by molar-refractivity contribution is 7.89. The first-order valence-corrected chi connectivity index (χ1v) is 7.45. The van der Waals surface area contributed by atoms with E-state index in [9.17, 15) is 8.42 Å². The largest absolute Gasteiger partial charge is 0.378 e. The van der Waals surface area contributed by atoms with Gasteiger partial charge >= 0.3 is 0 Å². The molecule has 0 aliphatic carbocycles. The number of morpholine rings is 1. The van der Waals surface area contributed by atoms with Gasteiger partial charge in [-0.3, -0.25) is 0 Å². The fraction of sp³-hybridized carbons (Fsp3) is 0.538. The van der Waals surface area contributed by atoms with Crippen molar-refractivity contribution in [3.63, 3.8) is 0 Å². The first-order chi connectivity index (χ1) is 8.34. The second-order valence-corrected chi connectivity index (χ2v) is 7.12. The van der Waals surface area contributed by atoms with Gasteiger partial charge in [-0.05, 0) is 32.9 Å². The van der Waals surface area contributed by atoms with E-state index in [2.05, 4.69) is 0 Å². The first-order valence-electron chi connectivity index (χ1n) is 6.01. The number of hydrogen-bond donors (Lipinski definition) is 0. The molecule has 100 valence electrons. The highest BCUT2D eigenvalue weighted by atomic mass is 32.2. The van der Waals surface area contributed by atoms with E-state index in [4.69, 9.17) is 4.74 Å². The fourth-order valence-electron chi connectivity index (χ4n) is 2.13. The SMILES string of the molecule is Cc1ccc(S(=O)(=O)N2CCOCC2(C)C)cc1. The highest BCUT2D eigenvalue weighted by Gasteiger charge is 2.39. The summed E-state index contributed by atoms with van der Waals surface area (Å²) in [4.78, 5) is 0.350. The van der Waals surface area contributed by atoms with E-state index in [1.54, 1.807) is 12.1 Å². The number of benzene rings is 1. The van der Waals surface area contributed by atoms with Gasteiger partial charge in [0.1, 0.15) is 0 Å². The van der Waals surface area contributed by atoms with Crippen LogP contribution in [0.25, 0.3) is 0 Å². The third-order valence-corrected chi connectivity index (χ3v) is 5.30. The lowest BCUT2D eigenvalue weighted by molar-refractivity contribution is -0.00770. The maximum Gasteiger partial charge on any atom is 0.243 e. The summed E-state index contributed by atoms with van der Waals surface area (Å²) in [6.45, 7) is 7.00. The molecule has 18 heavy (non-hydrogen) atoms. The fourth-order valence-corrected chi connectivity index (χ4v) is 3.88. The Morgan fingerprint density at radius 2 is 1.83 bits per heavy atom. The van der Waals surface area contributed by atoms with E-state index >= 15 is 0 Å². The van der Waals surface area contributed by atoms with Crippen molar-refractivity contribution in [1.29, 1.82) is 0 Å². The van der Waals surface area contributed by atoms with E-state index in [0.29, 0.717) is 24.7 Å². The van der Waals surface area contributed by atoms with Crippen LogP contribution in [0.2, 0.25) is 0 Å². The molecule has 2 rings (SSSR count). The highest BCUT2D eigenvalue weighted by Crippen LogP contribution is 2.27. The summed E-state index contributed by atoms with van der Waals surface area (Å²) in [5.74, 6) is 0. The number of nitrogens with zero attached hydrogens (tertiary/aromatic N) is 1. The third-order valence-electron chi connectivity index (χ3n) is 3.18. The average Bonchev–Trinajstić information content (AvgIpc) is 2.28. The monoisotopic (exact) mass is 269 g/mol. The van der Waals surface area contributed by atoms with Crippen molar-refractivity contribution in [2.45, 2.75) is 31.2 Å². The molecule has 1 aliphatic rings. The Morgan fingerprint density at radius 1 is 1.22 bits per heavy atom. The number of sulfonamides is 1. The predicted molar refractivity (Wildman–Crippen MR) is 70.0 cm³/mol. The molecule has 1 aromatic rings. The van der Waals surface area contributed by atoms with Crippen LogP contribution in [0.3, 0.4) is 0 Å². The molecule has 0 radical (unpaired) electrons. The quantitative estimate of drug-likeness (QED) is 0.822. The molecule has 1 saturated heterocycles. The van der Waals surface area contributed by atoms with E-state index < -0.39 is 15.6 Å². The number of aryl methyl sites for hydroxylation is 1. The molecular weight excluding hydrogens is 250 g/mol. The van der Waals surface area contributed by atoms with Gasteiger partial charge in [-0.2, -0.15) is 4.31 Å². The predicted octanol–water partition coefficient (Wildman–Crippen LogP) is 1.79. The third kappa shape index (κ3) is 2.43. The maximum absolute atomic E-state index is 12.6. The molecule has 0 N–H and O–H groups in total. The zero-order valence-corrected chi connectivity index (χ0v) is 11.8. The minimum Gasteiger partial charge on any atom is -0.378 e. The average molecular weight is 269 g/mol. The molecule has 1 aromatic carbocycles. The second-order valence-electron chi connectivity index (χ2n) is 5.26. The summed E-state index contributed by atoms with van der Waals surface area (Å²) in [5, 5.41) is 0. The molecule has 0 unspecified atom stereocenters. The van der Waals surface area contributed by atoms with Crippen molar-refractivity contribution in [3.8, 4) is 0 Å². The lowest BCUT2D eigenvalue weighted by atomic mass is 10.1. The van der Waals surface area contributed by atoms with Gasteiger partial charge in [-0.25, -0.2) is 8.42 Å². The van der Waals surface area contributed by atoms with Gasteiger partial charge in [-0.1, -0.05) is 17.7 Å². The zero-order chi connectivity index (χ0) is 13.4. The van der Waals surface area contributed by atoms with Crippen LogP contribution in [0.5, 0.6) is 0 Å². The Bertz CT molecular complexity index is 520. The minimum absolute atomic E-state index is 0.350. The Labute approximate surface area is 109 Å². The van der Waals surface area contributed by atoms with Crippen LogP contribution in [0, 0.1) is 6.92 Å². The Morgan fingerprint density at radius 3 is 2.39 bits per heavy atom. The summed E-state index contributed by atoms with van der Waals surface area (Å²) >= 11 is 0. The smallest absolute Gasteiger partial charge is 0.243 e. The normalized spacial score (nSPS) is 20.8. The van der Waals surface area contributed by atoms with Crippen LogP contribution in [0.1, 0.15) is 19.4 Å². The summed E-state index contributed by atoms with van der Waals surface area (Å²) in [6.07, 6.45) is 0. The molecule has 0 spiro atoms. The number of hydrogen-bond acceptors (Lipinski definition) is 3. The van der Waals surface area contributed by atoms with Crippen molar-refractivity contribution < 1.29 is 13.2 Å². The van der Waals surface area contributed by atoms with E-state index in [-0.39, 0.29) is 0 Å². The second kappa shape index (κ2) is 4.64. The zero-order valence-electron chi connectivity index (χ0n) is 11.0. The van der Waals surface area contributed by atoms with E-state index in [1.807, 2.05) is 32.9 Å². The van der Waals surface area contributed by atoms with Crippen molar-refractivity contribution in [2.24, 2.45) is 0 Å². The molecule has 1 heterocycles. The lowest BCUT2D eigenvalue weighted by Crippen LogP contribution is -2.55. The Hall–Kier alpha value is -0.910. The van der Waals surface area contributed by atoms with E-state index in [0.717, 1.165) is 5.56 Å². The summed E-state index contributed by atoms with van der Waals surface area (Å²) in [7, 11) is -3.43. The molecule has 0 bridgehead atoms. The molecule has 0 amide bonds. The van der Waals surface area contributed by atoms with Crippen molar-refractivity contribution in [1.82, 2.24) is 4.31 Å². The number of rotatable bonds is 2. The van der Waals surface area contributed by atoms with Gasteiger partial charge in [0, 0.05) is 6.54 Å². The summed E-state index contributed by atoms with van der Waals surface area (Å²) < 4.78 is 32.1. The van der Waals surface area contributed by atoms with Crippen LogP contribution >= 0.6 is 0 Å². The van der Waals surface area contributed by atoms with Crippen LogP contribution in [-0.4, -0.2) is 38.0 Å². The molecule has 5 heteroatoms. The van der Waals surface area contributed by atoms with Crippen molar-refractivity contribution >= 4 is 10.0 Å². The van der Waals surface area contributed by atoms with Crippen molar-refractivity contribution in [3.05, 3.63) is 29.8 Å². The topological polar surface area (TPSA) is 46.6 Å². The molecule has 0 atom stereocenters. The number of ether oxygens (including phenoxy) is 1. The summed E-state index contributed by atoms with van der Waals surface area (Å²) in [6, 6.07) is 6.97. The van der Waals surface area contributed by atoms with Crippen LogP contribution < -0.4 is 0 Å². The molecule has 1 aliphatic heterocycles. The van der Waals surface area contributed by atoms with Gasteiger partial charge in [0.25, 0.3) is 0 Å². The maximum atomic E-state index is 12.6. The van der Waals surface area contributed by atoms with Gasteiger partial charge in [0.15, 0.2) is 0 Å². The molecule has 0 saturated carbocycles. The van der Waals surface area contributed by atoms with E-state index in [1.165, 1.54) is 4.31 Å². The molecule has 4 nitrogen and oxygen atoms in total. The van der Waals surface area contributed by atoms with Crippen LogP contribution in [0.15, 0.2) is 29.2 Å². The van der Waals surface area contributed by atoms with Crippen molar-refractivity contribution in [2.75, 3.05) is 19.8 Å². The van der Waals surface area contributed by atoms with Gasteiger partial charge in [-0.15, -0.1) is 0 Å². The first kappa shape index (κ1) is 13.5. The van der Waals surface area contributed by atoms with Crippen LogP contribution in [-0.2, 0) is 14.8 Å². The van der Waals surface area contributed by atoms with Crippen LogP contribution in [0.4, 0.5) is 0 Å². The summed E-state index contributed by atoms with van der Waals surface area (Å²) in [5.41, 5.74) is 0.553. The van der Waals surface area contributed by atoms with Gasteiger partial charge < -0.3 is 4.74 Å². The Balaban J connectivity index is 2.38. The minimum atomic E-state index is -3.43. The lowest BCUT2D eigenvalue weighted by Gasteiger charge is -2.40. The molecule has 0 aromatic heterocycles. The Kier molecular flexibility index (Phi) is 3.49. The van der Waals surface area contributed by atoms with Gasteiger partial charge in [0.2, 0.25) is 10.0 Å². The molecular formula is C13H19NO3S. The standard InChI is InChI=1S/C13H19NO3S/c1-11-4-6-12(7-5-11)18(15,16)14-8-9-17-10-13(14,2)3/h4-7H,8-10H2,1-3H3. The molecule has 1 fully saturated rings.